The first-order valence-corrected chi connectivity index (χ1v) is 11.7. The molecule has 0 spiro atoms. The van der Waals surface area contributed by atoms with E-state index in [0.29, 0.717) is 35.3 Å². The molecule has 1 fully saturated rings. The average molecular weight is 489 g/mol. The lowest BCUT2D eigenvalue weighted by Gasteiger charge is -2.15. The topological polar surface area (TPSA) is 94.9 Å². The summed E-state index contributed by atoms with van der Waals surface area (Å²) < 4.78 is 12.0. The molecule has 0 unspecified atom stereocenters. The van der Waals surface area contributed by atoms with Crippen molar-refractivity contribution in [2.45, 2.75) is 33.2 Å². The molecular formula is C28H28N2O6. The van der Waals surface area contributed by atoms with Gasteiger partial charge in [-0.1, -0.05) is 12.1 Å². The van der Waals surface area contributed by atoms with Crippen LogP contribution in [0.5, 0.6) is 0 Å². The third kappa shape index (κ3) is 5.22. The zero-order valence-electron chi connectivity index (χ0n) is 20.6. The zero-order chi connectivity index (χ0) is 25.8. The predicted octanol–water partition coefficient (Wildman–Crippen LogP) is 4.04. The van der Waals surface area contributed by atoms with Crippen molar-refractivity contribution in [2.75, 3.05) is 20.3 Å². The summed E-state index contributed by atoms with van der Waals surface area (Å²) in [6.45, 7) is 4.47. The first kappa shape index (κ1) is 24.9. The van der Waals surface area contributed by atoms with Crippen LogP contribution < -0.4 is 0 Å². The predicted molar refractivity (Wildman–Crippen MR) is 132 cm³/mol. The van der Waals surface area contributed by atoms with E-state index in [0.717, 1.165) is 29.9 Å². The lowest BCUT2D eigenvalue weighted by Crippen LogP contribution is -2.24. The summed E-state index contributed by atoms with van der Waals surface area (Å²) in [7, 11) is 1.33. The van der Waals surface area contributed by atoms with Crippen LogP contribution in [0.25, 0.3) is 5.69 Å². The zero-order valence-corrected chi connectivity index (χ0v) is 20.6. The Balaban J connectivity index is 1.42. The monoisotopic (exact) mass is 488 g/mol. The molecule has 0 aliphatic carbocycles. The maximum absolute atomic E-state index is 12.9. The Morgan fingerprint density at radius 2 is 1.69 bits per heavy atom. The fraction of sp³-hybridized carbons (Fsp3) is 0.286. The number of nitrogens with zero attached hydrogens (tertiary/aromatic N) is 2. The van der Waals surface area contributed by atoms with Crippen LogP contribution in [-0.2, 0) is 20.8 Å². The molecule has 1 aromatic heterocycles. The van der Waals surface area contributed by atoms with E-state index in [1.807, 2.05) is 24.5 Å². The van der Waals surface area contributed by atoms with E-state index in [1.54, 1.807) is 53.4 Å². The number of Topliss-reactive ketones (excluding diaryl/α,β-unsaturated/α-hetero) is 1. The molecule has 1 aliphatic rings. The highest BCUT2D eigenvalue weighted by Crippen LogP contribution is 2.22. The Hall–Kier alpha value is -4.20. The second-order valence-corrected chi connectivity index (χ2v) is 8.78. The van der Waals surface area contributed by atoms with E-state index in [2.05, 4.69) is 0 Å². The molecule has 0 saturated carbocycles. The highest BCUT2D eigenvalue weighted by Gasteiger charge is 2.21. The van der Waals surface area contributed by atoms with Gasteiger partial charge in [-0.15, -0.1) is 0 Å². The number of likely N-dealkylation sites (tertiary alicyclic amines) is 1. The average Bonchev–Trinajstić information content (AvgIpc) is 3.43. The van der Waals surface area contributed by atoms with Crippen molar-refractivity contribution in [3.63, 3.8) is 0 Å². The lowest BCUT2D eigenvalue weighted by molar-refractivity contribution is -0.128. The second kappa shape index (κ2) is 10.6. The third-order valence-corrected chi connectivity index (χ3v) is 6.32. The molecule has 2 heterocycles. The summed E-state index contributed by atoms with van der Waals surface area (Å²) in [5.41, 5.74) is 4.40. The van der Waals surface area contributed by atoms with Crippen LogP contribution in [0.1, 0.15) is 60.9 Å². The van der Waals surface area contributed by atoms with Crippen molar-refractivity contribution in [1.82, 2.24) is 9.47 Å². The minimum absolute atomic E-state index is 0.116. The number of carbonyl (C=O) groups is 4. The number of aromatic nitrogens is 1. The number of ether oxygens (including phenoxy) is 2. The molecule has 8 heteroatoms. The van der Waals surface area contributed by atoms with E-state index in [1.165, 1.54) is 7.11 Å². The Kier molecular flexibility index (Phi) is 7.33. The van der Waals surface area contributed by atoms with Gasteiger partial charge in [0.05, 0.1) is 18.2 Å². The van der Waals surface area contributed by atoms with Crippen LogP contribution in [0.15, 0.2) is 54.6 Å². The molecular weight excluding hydrogens is 460 g/mol. The van der Waals surface area contributed by atoms with Gasteiger partial charge < -0.3 is 18.9 Å². The number of rotatable bonds is 8. The van der Waals surface area contributed by atoms with Crippen LogP contribution in [0.2, 0.25) is 0 Å². The molecule has 1 aliphatic heterocycles. The molecule has 3 aromatic rings. The number of carbonyl (C=O) groups excluding carboxylic acids is 4. The number of esters is 2. The Bertz CT molecular complexity index is 1320. The largest absolute Gasteiger partial charge is 0.465 e. The molecule has 8 nitrogen and oxygen atoms in total. The molecule has 0 N–H and O–H groups in total. The smallest absolute Gasteiger partial charge is 0.338 e. The molecule has 0 radical (unpaired) electrons. The van der Waals surface area contributed by atoms with Crippen molar-refractivity contribution < 1.29 is 28.7 Å². The van der Waals surface area contributed by atoms with E-state index in [-0.39, 0.29) is 18.3 Å². The quantitative estimate of drug-likeness (QED) is 0.351. The van der Waals surface area contributed by atoms with Gasteiger partial charge in [0.2, 0.25) is 11.7 Å². The van der Waals surface area contributed by atoms with Crippen molar-refractivity contribution in [3.05, 3.63) is 88.2 Å². The highest BCUT2D eigenvalue weighted by molar-refractivity contribution is 6.00. The standard InChI is InChI=1S/C28H28N2O6/c1-18-14-24(19(2)30(18)23-11-9-21(10-12-23)27(33)35-3)25(31)17-36-28(34)22-7-4-6-20(15-22)16-29-13-5-8-26(29)32/h4,6-7,9-12,14-15H,5,8,13,16-17H2,1-3H3. The van der Waals surface area contributed by atoms with Gasteiger partial charge >= 0.3 is 11.9 Å². The Morgan fingerprint density at radius 3 is 2.36 bits per heavy atom. The number of methoxy groups -OCH3 is 1. The van der Waals surface area contributed by atoms with Crippen molar-refractivity contribution >= 4 is 23.6 Å². The summed E-state index contributed by atoms with van der Waals surface area (Å²) >= 11 is 0. The number of benzene rings is 2. The van der Waals surface area contributed by atoms with Crippen LogP contribution in [0, 0.1) is 13.8 Å². The summed E-state index contributed by atoms with van der Waals surface area (Å²) in [4.78, 5) is 50.9. The first-order chi connectivity index (χ1) is 17.3. The van der Waals surface area contributed by atoms with Gasteiger partial charge in [-0.25, -0.2) is 9.59 Å². The highest BCUT2D eigenvalue weighted by atomic mass is 16.5. The van der Waals surface area contributed by atoms with Gasteiger partial charge in [-0.3, -0.25) is 9.59 Å². The summed E-state index contributed by atoms with van der Waals surface area (Å²) in [5, 5.41) is 0. The fourth-order valence-electron chi connectivity index (χ4n) is 4.49. The molecule has 1 amide bonds. The molecule has 0 atom stereocenters. The van der Waals surface area contributed by atoms with Gasteiger partial charge in [0.25, 0.3) is 0 Å². The lowest BCUT2D eigenvalue weighted by atomic mass is 10.1. The van der Waals surface area contributed by atoms with Crippen LogP contribution >= 0.6 is 0 Å². The van der Waals surface area contributed by atoms with E-state index in [4.69, 9.17) is 9.47 Å². The van der Waals surface area contributed by atoms with Gasteiger partial charge in [0.15, 0.2) is 6.61 Å². The molecule has 36 heavy (non-hydrogen) atoms. The van der Waals surface area contributed by atoms with Gasteiger partial charge in [0.1, 0.15) is 0 Å². The fourth-order valence-corrected chi connectivity index (χ4v) is 4.49. The minimum Gasteiger partial charge on any atom is -0.465 e. The minimum atomic E-state index is -0.592. The summed E-state index contributed by atoms with van der Waals surface area (Å²) in [6.07, 6.45) is 1.41. The maximum atomic E-state index is 12.9. The van der Waals surface area contributed by atoms with Crippen LogP contribution in [-0.4, -0.2) is 53.4 Å². The molecule has 186 valence electrons. The normalized spacial score (nSPS) is 13.1. The molecule has 2 aromatic carbocycles. The number of hydrogen-bond donors (Lipinski definition) is 0. The van der Waals surface area contributed by atoms with Crippen molar-refractivity contribution in [3.8, 4) is 5.69 Å². The molecule has 1 saturated heterocycles. The number of amides is 1. The Morgan fingerprint density at radius 1 is 0.944 bits per heavy atom. The van der Waals surface area contributed by atoms with Crippen molar-refractivity contribution in [1.29, 1.82) is 0 Å². The van der Waals surface area contributed by atoms with Gasteiger partial charge in [-0.05, 0) is 68.3 Å². The van der Waals surface area contributed by atoms with E-state index >= 15 is 0 Å². The second-order valence-electron chi connectivity index (χ2n) is 8.78. The number of aryl methyl sites for hydroxylation is 1. The summed E-state index contributed by atoms with van der Waals surface area (Å²) in [6, 6.07) is 15.6. The maximum Gasteiger partial charge on any atom is 0.338 e. The number of hydrogen-bond acceptors (Lipinski definition) is 6. The van der Waals surface area contributed by atoms with Gasteiger partial charge in [-0.2, -0.15) is 0 Å². The van der Waals surface area contributed by atoms with E-state index in [9.17, 15) is 19.2 Å². The Labute approximate surface area is 209 Å². The SMILES string of the molecule is COC(=O)c1ccc(-n2c(C)cc(C(=O)COC(=O)c3cccc(CN4CCCC4=O)c3)c2C)cc1. The van der Waals surface area contributed by atoms with E-state index < -0.39 is 11.9 Å². The van der Waals surface area contributed by atoms with Crippen molar-refractivity contribution in [2.24, 2.45) is 0 Å². The van der Waals surface area contributed by atoms with Crippen LogP contribution in [0.4, 0.5) is 0 Å². The summed E-state index contributed by atoms with van der Waals surface area (Å²) in [5.74, 6) is -1.21. The van der Waals surface area contributed by atoms with Gasteiger partial charge in [0, 0.05) is 42.1 Å². The first-order valence-electron chi connectivity index (χ1n) is 11.7. The number of ketones is 1. The molecule has 4 rings (SSSR count). The third-order valence-electron chi connectivity index (χ3n) is 6.32. The molecule has 0 bridgehead atoms. The van der Waals surface area contributed by atoms with Crippen LogP contribution in [0.3, 0.4) is 0 Å².